The molecule has 0 radical (unpaired) electrons. The minimum atomic E-state index is 0.314. The van der Waals surface area contributed by atoms with E-state index in [1.807, 2.05) is 0 Å². The molecule has 1 saturated carbocycles. The molecular weight excluding hydrogens is 332 g/mol. The zero-order valence-electron chi connectivity index (χ0n) is 10.8. The average molecular weight is 352 g/mol. The third-order valence-electron chi connectivity index (χ3n) is 3.21. The molecule has 102 valence electrons. The Morgan fingerprint density at radius 3 is 2.61 bits per heavy atom. The van der Waals surface area contributed by atoms with Crippen LogP contribution in [-0.2, 0) is 0 Å². The molecule has 1 aliphatic rings. The van der Waals surface area contributed by atoms with E-state index in [-0.39, 0.29) is 0 Å². The van der Waals surface area contributed by atoms with Crippen LogP contribution in [0.3, 0.4) is 0 Å². The maximum atomic E-state index is 6.15. The normalized spacial score (nSPS) is 17.7. The second-order valence-corrected chi connectivity index (χ2v) is 7.88. The van der Waals surface area contributed by atoms with Gasteiger partial charge in [-0.1, -0.05) is 25.4 Å². The lowest BCUT2D eigenvalue weighted by Gasteiger charge is -2.31. The summed E-state index contributed by atoms with van der Waals surface area (Å²) in [7, 11) is 0. The molecule has 1 fully saturated rings. The van der Waals surface area contributed by atoms with Crippen molar-refractivity contribution in [2.45, 2.75) is 38.8 Å². The number of nitrogens with two attached hydrogens (primary N) is 1. The molecule has 0 amide bonds. The van der Waals surface area contributed by atoms with Gasteiger partial charge in [-0.25, -0.2) is 0 Å². The van der Waals surface area contributed by atoms with Gasteiger partial charge in [-0.05, 0) is 40.8 Å². The first kappa shape index (κ1) is 14.8. The van der Waals surface area contributed by atoms with Crippen molar-refractivity contribution < 1.29 is 0 Å². The summed E-state index contributed by atoms with van der Waals surface area (Å²) in [6.07, 6.45) is 2.62. The smallest absolute Gasteiger partial charge is 0.107 e. The topological polar surface area (TPSA) is 29.3 Å². The second-order valence-electron chi connectivity index (χ2n) is 5.34. The van der Waals surface area contributed by atoms with Crippen molar-refractivity contribution in [1.29, 1.82) is 0 Å². The Kier molecular flexibility index (Phi) is 5.12. The minimum absolute atomic E-state index is 0.314. The van der Waals surface area contributed by atoms with E-state index in [4.69, 9.17) is 17.3 Å². The van der Waals surface area contributed by atoms with Crippen molar-refractivity contribution in [2.75, 3.05) is 13.1 Å². The molecule has 1 unspecified atom stereocenters. The van der Waals surface area contributed by atoms with Crippen LogP contribution in [0.1, 0.15) is 37.6 Å². The number of rotatable bonds is 6. The molecule has 2 rings (SSSR count). The molecular formula is C13H20BrClN2S. The lowest BCUT2D eigenvalue weighted by molar-refractivity contribution is 0.172. The fourth-order valence-corrected chi connectivity index (χ4v) is 4.17. The van der Waals surface area contributed by atoms with Crippen LogP contribution >= 0.6 is 38.9 Å². The van der Waals surface area contributed by atoms with E-state index in [0.717, 1.165) is 21.4 Å². The SMILES string of the molecule is CC(C)CN(C1CC1)C(CN)c1cc(Br)c(Cl)s1. The van der Waals surface area contributed by atoms with Crippen LogP contribution < -0.4 is 5.73 Å². The van der Waals surface area contributed by atoms with E-state index in [1.54, 1.807) is 11.3 Å². The number of nitrogens with zero attached hydrogens (tertiary/aromatic N) is 1. The zero-order chi connectivity index (χ0) is 13.3. The summed E-state index contributed by atoms with van der Waals surface area (Å²) in [6.45, 7) is 6.30. The molecule has 5 heteroatoms. The van der Waals surface area contributed by atoms with Crippen LogP contribution in [0.5, 0.6) is 0 Å². The molecule has 0 aliphatic heterocycles. The third kappa shape index (κ3) is 3.48. The van der Waals surface area contributed by atoms with Crippen LogP contribution in [0.4, 0.5) is 0 Å². The van der Waals surface area contributed by atoms with Gasteiger partial charge >= 0.3 is 0 Å². The Bertz CT molecular complexity index is 384. The molecule has 1 heterocycles. The Morgan fingerprint density at radius 2 is 2.22 bits per heavy atom. The van der Waals surface area contributed by atoms with Crippen LogP contribution in [0, 0.1) is 5.92 Å². The van der Waals surface area contributed by atoms with E-state index in [9.17, 15) is 0 Å². The van der Waals surface area contributed by atoms with Gasteiger partial charge in [0.1, 0.15) is 4.34 Å². The number of hydrogen-bond acceptors (Lipinski definition) is 3. The van der Waals surface area contributed by atoms with Crippen LogP contribution in [-0.4, -0.2) is 24.0 Å². The van der Waals surface area contributed by atoms with Crippen molar-refractivity contribution in [3.8, 4) is 0 Å². The molecule has 0 saturated heterocycles. The van der Waals surface area contributed by atoms with Gasteiger partial charge in [0.15, 0.2) is 0 Å². The molecule has 0 spiro atoms. The van der Waals surface area contributed by atoms with Gasteiger partial charge in [0.2, 0.25) is 0 Å². The molecule has 18 heavy (non-hydrogen) atoms. The predicted octanol–water partition coefficient (Wildman–Crippen LogP) is 4.28. The first-order valence-corrected chi connectivity index (χ1v) is 8.42. The average Bonchev–Trinajstić information content (AvgIpc) is 3.06. The summed E-state index contributed by atoms with van der Waals surface area (Å²) in [5.74, 6) is 0.665. The van der Waals surface area contributed by atoms with Crippen LogP contribution in [0.15, 0.2) is 10.5 Å². The highest BCUT2D eigenvalue weighted by atomic mass is 79.9. The quantitative estimate of drug-likeness (QED) is 0.828. The Balaban J connectivity index is 2.19. The molecule has 2 N–H and O–H groups in total. The molecule has 1 aliphatic carbocycles. The first-order valence-electron chi connectivity index (χ1n) is 6.43. The molecule has 1 aromatic rings. The third-order valence-corrected chi connectivity index (χ3v) is 5.78. The monoisotopic (exact) mass is 350 g/mol. The summed E-state index contributed by atoms with van der Waals surface area (Å²) >= 11 is 11.3. The second kappa shape index (κ2) is 6.23. The molecule has 1 atom stereocenters. The summed E-state index contributed by atoms with van der Waals surface area (Å²) in [5, 5.41) is 0. The Labute approximate surface area is 127 Å². The van der Waals surface area contributed by atoms with Crippen molar-refractivity contribution in [1.82, 2.24) is 4.90 Å². The lowest BCUT2D eigenvalue weighted by Crippen LogP contribution is -2.37. The van der Waals surface area contributed by atoms with E-state index >= 15 is 0 Å². The van der Waals surface area contributed by atoms with Gasteiger partial charge in [-0.3, -0.25) is 4.90 Å². The lowest BCUT2D eigenvalue weighted by atomic mass is 10.1. The summed E-state index contributed by atoms with van der Waals surface area (Å²) < 4.78 is 1.81. The highest BCUT2D eigenvalue weighted by molar-refractivity contribution is 9.10. The van der Waals surface area contributed by atoms with Crippen molar-refractivity contribution in [3.63, 3.8) is 0 Å². The van der Waals surface area contributed by atoms with Gasteiger partial charge in [0.25, 0.3) is 0 Å². The summed E-state index contributed by atoms with van der Waals surface area (Å²) in [5.41, 5.74) is 6.01. The van der Waals surface area contributed by atoms with E-state index in [1.165, 1.54) is 17.7 Å². The van der Waals surface area contributed by atoms with E-state index in [2.05, 4.69) is 40.7 Å². The molecule has 0 bridgehead atoms. The molecule has 2 nitrogen and oxygen atoms in total. The number of halogens is 2. The fourth-order valence-electron chi connectivity index (χ4n) is 2.30. The van der Waals surface area contributed by atoms with Gasteiger partial charge in [-0.2, -0.15) is 0 Å². The van der Waals surface area contributed by atoms with Crippen molar-refractivity contribution >= 4 is 38.9 Å². The number of hydrogen-bond donors (Lipinski definition) is 1. The minimum Gasteiger partial charge on any atom is -0.329 e. The first-order chi connectivity index (χ1) is 8.52. The zero-order valence-corrected chi connectivity index (χ0v) is 14.0. The molecule has 0 aromatic carbocycles. The van der Waals surface area contributed by atoms with E-state index in [0.29, 0.717) is 18.5 Å². The van der Waals surface area contributed by atoms with Crippen LogP contribution in [0.25, 0.3) is 0 Å². The Hall–Kier alpha value is 0.390. The van der Waals surface area contributed by atoms with Crippen LogP contribution in [0.2, 0.25) is 4.34 Å². The highest BCUT2D eigenvalue weighted by Gasteiger charge is 2.35. The highest BCUT2D eigenvalue weighted by Crippen LogP contribution is 2.40. The maximum Gasteiger partial charge on any atom is 0.107 e. The summed E-state index contributed by atoms with van der Waals surface area (Å²) in [4.78, 5) is 3.85. The largest absolute Gasteiger partial charge is 0.329 e. The van der Waals surface area contributed by atoms with Gasteiger partial charge in [0, 0.05) is 28.5 Å². The number of thiophene rings is 1. The predicted molar refractivity (Wildman–Crippen MR) is 83.4 cm³/mol. The van der Waals surface area contributed by atoms with E-state index < -0.39 is 0 Å². The fraction of sp³-hybridized carbons (Fsp3) is 0.692. The van der Waals surface area contributed by atoms with Gasteiger partial charge < -0.3 is 5.73 Å². The van der Waals surface area contributed by atoms with Crippen molar-refractivity contribution in [3.05, 3.63) is 19.8 Å². The Morgan fingerprint density at radius 1 is 1.56 bits per heavy atom. The van der Waals surface area contributed by atoms with Gasteiger partial charge in [0.05, 0.1) is 6.04 Å². The summed E-state index contributed by atoms with van der Waals surface area (Å²) in [6, 6.07) is 3.16. The maximum absolute atomic E-state index is 6.15. The van der Waals surface area contributed by atoms with Crippen molar-refractivity contribution in [2.24, 2.45) is 11.7 Å². The molecule has 1 aromatic heterocycles. The van der Waals surface area contributed by atoms with Gasteiger partial charge in [-0.15, -0.1) is 11.3 Å². The standard InChI is InChI=1S/C13H20BrClN2S/c1-8(2)7-17(9-3-4-9)11(6-16)12-5-10(14)13(15)18-12/h5,8-9,11H,3-4,6-7,16H2,1-2H3.